The summed E-state index contributed by atoms with van der Waals surface area (Å²) in [5, 5.41) is 5.86. The van der Waals surface area contributed by atoms with E-state index in [4.69, 9.17) is 0 Å². The molecule has 178 valence electrons. The van der Waals surface area contributed by atoms with Crippen LogP contribution in [0.1, 0.15) is 23.1 Å². The summed E-state index contributed by atoms with van der Waals surface area (Å²) in [6.07, 6.45) is 2.71. The molecule has 2 amide bonds. The first-order valence-electron chi connectivity index (χ1n) is 11.9. The van der Waals surface area contributed by atoms with Gasteiger partial charge in [-0.1, -0.05) is 36.4 Å². The number of anilines is 2. The lowest BCUT2D eigenvalue weighted by Gasteiger charge is -2.37. The first kappa shape index (κ1) is 23.8. The van der Waals surface area contributed by atoms with Gasteiger partial charge < -0.3 is 15.5 Å². The second kappa shape index (κ2) is 11.2. The number of rotatable bonds is 8. The molecule has 0 aromatic heterocycles. The van der Waals surface area contributed by atoms with Crippen molar-refractivity contribution >= 4 is 17.4 Å². The number of hydrogen-bond donors (Lipinski definition) is 2. The van der Waals surface area contributed by atoms with E-state index >= 15 is 0 Å². The quantitative estimate of drug-likeness (QED) is 0.461. The molecule has 5 nitrogen and oxygen atoms in total. The van der Waals surface area contributed by atoms with E-state index in [0.717, 1.165) is 49.3 Å². The van der Waals surface area contributed by atoms with Crippen LogP contribution in [-0.4, -0.2) is 44.2 Å². The maximum absolute atomic E-state index is 13.3. The highest BCUT2D eigenvalue weighted by Crippen LogP contribution is 2.25. The van der Waals surface area contributed by atoms with E-state index in [1.807, 2.05) is 55.4 Å². The number of carbonyl (C=O) groups excluding carboxylic acids is 1. The Hall–Kier alpha value is -3.38. The molecular formula is C28H33FN4O. The predicted octanol–water partition coefficient (Wildman–Crippen LogP) is 5.07. The third-order valence-electron chi connectivity index (χ3n) is 6.40. The molecule has 1 unspecified atom stereocenters. The Morgan fingerprint density at radius 3 is 2.41 bits per heavy atom. The Bertz CT molecular complexity index is 1080. The number of benzene rings is 3. The molecule has 0 bridgehead atoms. The molecule has 3 aromatic carbocycles. The highest BCUT2D eigenvalue weighted by Gasteiger charge is 2.25. The molecule has 4 rings (SSSR count). The van der Waals surface area contributed by atoms with Gasteiger partial charge in [0.1, 0.15) is 5.82 Å². The van der Waals surface area contributed by atoms with E-state index in [9.17, 15) is 9.18 Å². The van der Waals surface area contributed by atoms with Crippen LogP contribution in [0.5, 0.6) is 0 Å². The molecule has 6 heteroatoms. The van der Waals surface area contributed by atoms with Crippen LogP contribution < -0.4 is 15.5 Å². The number of nitrogens with one attached hydrogen (secondary N) is 2. The van der Waals surface area contributed by atoms with Gasteiger partial charge in [0.05, 0.1) is 0 Å². The van der Waals surface area contributed by atoms with Crippen LogP contribution in [0.25, 0.3) is 0 Å². The van der Waals surface area contributed by atoms with Crippen LogP contribution in [0.2, 0.25) is 0 Å². The van der Waals surface area contributed by atoms with Crippen molar-refractivity contribution in [2.45, 2.75) is 31.8 Å². The smallest absolute Gasteiger partial charge is 0.319 e. The maximum Gasteiger partial charge on any atom is 0.319 e. The number of nitrogens with zero attached hydrogens (tertiary/aromatic N) is 2. The average Bonchev–Trinajstić information content (AvgIpc) is 2.83. The van der Waals surface area contributed by atoms with Gasteiger partial charge in [-0.25, -0.2) is 9.18 Å². The molecule has 34 heavy (non-hydrogen) atoms. The van der Waals surface area contributed by atoms with Gasteiger partial charge in [-0.15, -0.1) is 0 Å². The fourth-order valence-corrected chi connectivity index (χ4v) is 4.50. The lowest BCUT2D eigenvalue weighted by molar-refractivity contribution is 0.168. The van der Waals surface area contributed by atoms with Gasteiger partial charge in [-0.3, -0.25) is 4.90 Å². The van der Waals surface area contributed by atoms with Crippen LogP contribution in [0, 0.1) is 5.82 Å². The predicted molar refractivity (Wildman–Crippen MR) is 137 cm³/mol. The molecule has 2 N–H and O–H groups in total. The van der Waals surface area contributed by atoms with Crippen molar-refractivity contribution in [3.8, 4) is 0 Å². The van der Waals surface area contributed by atoms with E-state index in [-0.39, 0.29) is 11.8 Å². The Balaban J connectivity index is 1.29. The van der Waals surface area contributed by atoms with Gasteiger partial charge in [0.2, 0.25) is 0 Å². The number of fused-ring (bicyclic) bond motifs is 1. The zero-order valence-corrected chi connectivity index (χ0v) is 19.9. The Morgan fingerprint density at radius 2 is 1.71 bits per heavy atom. The fourth-order valence-electron chi connectivity index (χ4n) is 4.50. The van der Waals surface area contributed by atoms with Gasteiger partial charge in [0, 0.05) is 51.1 Å². The monoisotopic (exact) mass is 460 g/mol. The second-order valence-electron chi connectivity index (χ2n) is 9.10. The van der Waals surface area contributed by atoms with Crippen LogP contribution in [-0.2, 0) is 19.4 Å². The largest absolute Gasteiger partial charge is 0.378 e. The van der Waals surface area contributed by atoms with Crippen molar-refractivity contribution in [2.24, 2.45) is 0 Å². The first-order chi connectivity index (χ1) is 16.5. The summed E-state index contributed by atoms with van der Waals surface area (Å²) in [5.41, 5.74) is 5.77. The summed E-state index contributed by atoms with van der Waals surface area (Å²) < 4.78 is 13.3. The van der Waals surface area contributed by atoms with Gasteiger partial charge in [0.15, 0.2) is 0 Å². The minimum atomic E-state index is -0.201. The first-order valence-corrected chi connectivity index (χ1v) is 11.9. The molecule has 0 radical (unpaired) electrons. The summed E-state index contributed by atoms with van der Waals surface area (Å²) in [5.74, 6) is -0.201. The summed E-state index contributed by atoms with van der Waals surface area (Å²) in [7, 11) is 3.97. The topological polar surface area (TPSA) is 47.6 Å². The number of amides is 2. The van der Waals surface area contributed by atoms with Gasteiger partial charge in [-0.2, -0.15) is 0 Å². The minimum absolute atomic E-state index is 0.190. The molecule has 0 aliphatic carbocycles. The van der Waals surface area contributed by atoms with Crippen molar-refractivity contribution in [1.82, 2.24) is 10.2 Å². The van der Waals surface area contributed by atoms with E-state index in [1.165, 1.54) is 23.3 Å². The van der Waals surface area contributed by atoms with E-state index < -0.39 is 0 Å². The Kier molecular flexibility index (Phi) is 7.80. The molecule has 3 aromatic rings. The zero-order valence-electron chi connectivity index (χ0n) is 19.9. The molecular weight excluding hydrogens is 427 g/mol. The average molecular weight is 461 g/mol. The number of carbonyl (C=O) groups is 1. The molecule has 0 fully saturated rings. The molecule has 1 aliphatic rings. The normalized spacial score (nSPS) is 15.4. The van der Waals surface area contributed by atoms with Gasteiger partial charge in [-0.05, 0) is 72.4 Å². The summed E-state index contributed by atoms with van der Waals surface area (Å²) in [6.45, 7) is 2.38. The minimum Gasteiger partial charge on any atom is -0.378 e. The number of urea groups is 1. The third-order valence-corrected chi connectivity index (χ3v) is 6.40. The molecule has 1 atom stereocenters. The van der Waals surface area contributed by atoms with Gasteiger partial charge >= 0.3 is 6.03 Å². The van der Waals surface area contributed by atoms with Crippen molar-refractivity contribution in [3.63, 3.8) is 0 Å². The van der Waals surface area contributed by atoms with Crippen LogP contribution >= 0.6 is 0 Å². The summed E-state index contributed by atoms with van der Waals surface area (Å²) >= 11 is 0. The van der Waals surface area contributed by atoms with Crippen LogP contribution in [0.3, 0.4) is 0 Å². The van der Waals surface area contributed by atoms with E-state index in [1.54, 1.807) is 0 Å². The molecule has 0 spiro atoms. The molecule has 0 saturated heterocycles. The van der Waals surface area contributed by atoms with Crippen molar-refractivity contribution in [2.75, 3.05) is 37.4 Å². The van der Waals surface area contributed by atoms with Crippen molar-refractivity contribution < 1.29 is 9.18 Å². The molecule has 1 aliphatic heterocycles. The zero-order chi connectivity index (χ0) is 23.9. The van der Waals surface area contributed by atoms with Crippen molar-refractivity contribution in [3.05, 3.63) is 95.3 Å². The van der Waals surface area contributed by atoms with E-state index in [2.05, 4.69) is 39.8 Å². The second-order valence-corrected chi connectivity index (χ2v) is 9.10. The fraction of sp³-hybridized carbons (Fsp3) is 0.321. The molecule has 0 saturated carbocycles. The number of halogens is 1. The van der Waals surface area contributed by atoms with Crippen LogP contribution in [0.4, 0.5) is 20.6 Å². The van der Waals surface area contributed by atoms with Gasteiger partial charge in [0.25, 0.3) is 0 Å². The highest BCUT2D eigenvalue weighted by atomic mass is 19.1. The number of hydrogen-bond acceptors (Lipinski definition) is 3. The van der Waals surface area contributed by atoms with E-state index in [0.29, 0.717) is 12.6 Å². The van der Waals surface area contributed by atoms with Crippen molar-refractivity contribution in [1.29, 1.82) is 0 Å². The van der Waals surface area contributed by atoms with Crippen LogP contribution in [0.15, 0.2) is 72.8 Å². The lowest BCUT2D eigenvalue weighted by atomic mass is 9.90. The summed E-state index contributed by atoms with van der Waals surface area (Å²) in [4.78, 5) is 16.8. The maximum atomic E-state index is 13.3. The third kappa shape index (κ3) is 6.35. The SMILES string of the molecule is CN(C)c1ccc(NC(=O)NCCCN2Cc3ccccc3CC2Cc2ccc(F)cc2)cc1. The Labute approximate surface area is 201 Å². The highest BCUT2D eigenvalue weighted by molar-refractivity contribution is 5.89. The molecule has 1 heterocycles. The summed E-state index contributed by atoms with van der Waals surface area (Å²) in [6, 6.07) is 23.3. The lowest BCUT2D eigenvalue weighted by Crippen LogP contribution is -2.43. The Morgan fingerprint density at radius 1 is 1.00 bits per heavy atom. The standard InChI is InChI=1S/C28H33FN4O/c1-32(2)26-14-12-25(13-15-26)31-28(34)30-16-5-17-33-20-23-7-4-3-6-22(23)19-27(33)18-21-8-10-24(29)11-9-21/h3-4,6-15,27H,5,16-20H2,1-2H3,(H2,30,31,34).